The zero-order valence-corrected chi connectivity index (χ0v) is 15.1. The Kier molecular flexibility index (Phi) is 4.92. The van der Waals surface area contributed by atoms with E-state index >= 15 is 0 Å². The van der Waals surface area contributed by atoms with Crippen LogP contribution < -0.4 is 5.32 Å². The van der Waals surface area contributed by atoms with Gasteiger partial charge >= 0.3 is 0 Å². The van der Waals surface area contributed by atoms with Gasteiger partial charge in [0, 0.05) is 36.8 Å². The van der Waals surface area contributed by atoms with Crippen molar-refractivity contribution in [1.29, 1.82) is 0 Å². The molecule has 2 heterocycles. The van der Waals surface area contributed by atoms with Gasteiger partial charge in [-0.2, -0.15) is 4.31 Å². The number of likely N-dealkylation sites (N-methyl/N-ethyl adjacent to an activating group) is 1. The van der Waals surface area contributed by atoms with Crippen LogP contribution in [0.4, 0.5) is 5.82 Å². The van der Waals surface area contributed by atoms with E-state index in [4.69, 9.17) is 0 Å². The number of nitrogens with one attached hydrogen (secondary N) is 1. The second-order valence-corrected chi connectivity index (χ2v) is 8.40. The molecule has 6 nitrogen and oxygen atoms in total. The van der Waals surface area contributed by atoms with Crippen molar-refractivity contribution in [2.24, 2.45) is 5.92 Å². The highest BCUT2D eigenvalue weighted by atomic mass is 79.9. The van der Waals surface area contributed by atoms with Crippen LogP contribution in [0.25, 0.3) is 0 Å². The second kappa shape index (κ2) is 6.20. The lowest BCUT2D eigenvalue weighted by molar-refractivity contribution is 0.263. The average Bonchev–Trinajstić information content (AvgIpc) is 2.81. The lowest BCUT2D eigenvalue weighted by atomic mass is 10.1. The summed E-state index contributed by atoms with van der Waals surface area (Å²) in [5.41, 5.74) is 0. The number of aromatic nitrogens is 1. The van der Waals surface area contributed by atoms with Gasteiger partial charge in [-0.25, -0.2) is 13.4 Å². The summed E-state index contributed by atoms with van der Waals surface area (Å²) in [6.07, 6.45) is 1.58. The quantitative estimate of drug-likeness (QED) is 0.861. The first-order chi connectivity index (χ1) is 9.77. The minimum atomic E-state index is -3.55. The number of pyridine rings is 1. The van der Waals surface area contributed by atoms with E-state index in [1.807, 2.05) is 14.1 Å². The third-order valence-corrected chi connectivity index (χ3v) is 6.16. The molecule has 0 amide bonds. The van der Waals surface area contributed by atoms with Gasteiger partial charge in [0.2, 0.25) is 10.0 Å². The number of rotatable bonds is 4. The summed E-state index contributed by atoms with van der Waals surface area (Å²) in [7, 11) is 2.09. The molecule has 0 radical (unpaired) electrons. The molecule has 2 atom stereocenters. The Bertz CT molecular complexity index is 621. The molecule has 21 heavy (non-hydrogen) atoms. The van der Waals surface area contributed by atoms with Crippen LogP contribution in [0, 0.1) is 5.92 Å². The molecule has 2 rings (SSSR count). The largest absolute Gasteiger partial charge is 0.372 e. The molecule has 1 aromatic rings. The van der Waals surface area contributed by atoms with Crippen LogP contribution in [0.5, 0.6) is 0 Å². The van der Waals surface area contributed by atoms with Crippen molar-refractivity contribution in [3.8, 4) is 0 Å². The third-order valence-electron chi connectivity index (χ3n) is 3.88. The van der Waals surface area contributed by atoms with Gasteiger partial charge in [0.1, 0.15) is 10.7 Å². The zero-order valence-electron chi connectivity index (χ0n) is 12.7. The molecule has 1 aliphatic rings. The van der Waals surface area contributed by atoms with Crippen molar-refractivity contribution >= 4 is 31.8 Å². The number of sulfonamides is 1. The van der Waals surface area contributed by atoms with E-state index in [1.165, 1.54) is 0 Å². The number of nitrogens with zero attached hydrogens (tertiary/aromatic N) is 3. The normalized spacial score (nSPS) is 23.7. The van der Waals surface area contributed by atoms with Crippen LogP contribution in [0.15, 0.2) is 21.6 Å². The predicted octanol–water partition coefficient (Wildman–Crippen LogP) is 1.46. The Morgan fingerprint density at radius 1 is 1.43 bits per heavy atom. The van der Waals surface area contributed by atoms with E-state index in [0.29, 0.717) is 29.3 Å². The van der Waals surface area contributed by atoms with E-state index in [2.05, 4.69) is 38.1 Å². The van der Waals surface area contributed by atoms with Gasteiger partial charge in [-0.1, -0.05) is 6.92 Å². The highest BCUT2D eigenvalue weighted by Crippen LogP contribution is 2.30. The van der Waals surface area contributed by atoms with Gasteiger partial charge in [0.05, 0.1) is 0 Å². The van der Waals surface area contributed by atoms with Crippen LogP contribution in [-0.4, -0.2) is 62.9 Å². The van der Waals surface area contributed by atoms with Crippen molar-refractivity contribution in [3.63, 3.8) is 0 Å². The van der Waals surface area contributed by atoms with Gasteiger partial charge in [0.25, 0.3) is 0 Å². The van der Waals surface area contributed by atoms with Crippen molar-refractivity contribution in [3.05, 3.63) is 16.7 Å². The van der Waals surface area contributed by atoms with Gasteiger partial charge in [0.15, 0.2) is 0 Å². The van der Waals surface area contributed by atoms with E-state index in [-0.39, 0.29) is 10.9 Å². The van der Waals surface area contributed by atoms with Crippen LogP contribution in [0.3, 0.4) is 0 Å². The second-order valence-electron chi connectivity index (χ2n) is 5.58. The van der Waals surface area contributed by atoms with Crippen molar-refractivity contribution in [1.82, 2.24) is 14.2 Å². The topological polar surface area (TPSA) is 65.5 Å². The summed E-state index contributed by atoms with van der Waals surface area (Å²) in [5.74, 6) is 0.673. The Balaban J connectivity index is 2.38. The highest BCUT2D eigenvalue weighted by molar-refractivity contribution is 9.10. The molecule has 2 unspecified atom stereocenters. The van der Waals surface area contributed by atoms with Crippen LogP contribution >= 0.6 is 15.9 Å². The monoisotopic (exact) mass is 376 g/mol. The van der Waals surface area contributed by atoms with Crippen LogP contribution in [0.1, 0.15) is 6.92 Å². The molecule has 0 spiro atoms. The first-order valence-corrected chi connectivity index (χ1v) is 9.00. The maximum atomic E-state index is 12.9. The minimum Gasteiger partial charge on any atom is -0.372 e. The van der Waals surface area contributed by atoms with Gasteiger partial charge in [-0.05, 0) is 42.0 Å². The third kappa shape index (κ3) is 3.23. The first-order valence-electron chi connectivity index (χ1n) is 6.77. The summed E-state index contributed by atoms with van der Waals surface area (Å²) >= 11 is 3.29. The molecule has 0 aliphatic carbocycles. The molecule has 1 N–H and O–H groups in total. The Morgan fingerprint density at radius 3 is 2.62 bits per heavy atom. The summed E-state index contributed by atoms with van der Waals surface area (Å²) in [6, 6.07) is 1.83. The fourth-order valence-corrected chi connectivity index (χ4v) is 4.94. The van der Waals surface area contributed by atoms with Crippen LogP contribution in [-0.2, 0) is 10.0 Å². The number of hydrogen-bond donors (Lipinski definition) is 1. The van der Waals surface area contributed by atoms with E-state index in [0.717, 1.165) is 0 Å². The number of hydrogen-bond acceptors (Lipinski definition) is 5. The predicted molar refractivity (Wildman–Crippen MR) is 86.9 cm³/mol. The molecular formula is C13H21BrN4O2S. The Hall–Kier alpha value is -0.700. The first kappa shape index (κ1) is 16.7. The smallest absolute Gasteiger partial charge is 0.246 e. The van der Waals surface area contributed by atoms with Crippen LogP contribution in [0.2, 0.25) is 0 Å². The maximum Gasteiger partial charge on any atom is 0.246 e. The highest BCUT2D eigenvalue weighted by Gasteiger charge is 2.39. The average molecular weight is 377 g/mol. The summed E-state index contributed by atoms with van der Waals surface area (Å²) in [5, 5.41) is 2.85. The molecule has 8 heteroatoms. The van der Waals surface area contributed by atoms with E-state index in [1.54, 1.807) is 23.6 Å². The standard InChI is InChI=1S/C13H21BrN4O2S/c1-9-7-18(8-11(9)17(3)4)21(19,20)12-5-10(14)6-16-13(12)15-2/h5-6,9,11H,7-8H2,1-4H3,(H,15,16). The molecule has 1 aliphatic heterocycles. The van der Waals surface area contributed by atoms with Gasteiger partial charge < -0.3 is 10.2 Å². The number of halogens is 1. The molecule has 0 aromatic carbocycles. The minimum absolute atomic E-state index is 0.214. The van der Waals surface area contributed by atoms with E-state index in [9.17, 15) is 8.42 Å². The Morgan fingerprint density at radius 2 is 2.10 bits per heavy atom. The van der Waals surface area contributed by atoms with E-state index < -0.39 is 10.0 Å². The summed E-state index contributed by atoms with van der Waals surface area (Å²) < 4.78 is 28.0. The lowest BCUT2D eigenvalue weighted by Gasteiger charge is -2.22. The fourth-order valence-electron chi connectivity index (χ4n) is 2.72. The summed E-state index contributed by atoms with van der Waals surface area (Å²) in [4.78, 5) is 6.43. The fraction of sp³-hybridized carbons (Fsp3) is 0.615. The molecule has 1 saturated heterocycles. The van der Waals surface area contributed by atoms with Crippen molar-refractivity contribution in [2.75, 3.05) is 39.5 Å². The maximum absolute atomic E-state index is 12.9. The molecule has 118 valence electrons. The number of anilines is 1. The molecular weight excluding hydrogens is 356 g/mol. The Labute approximate surface area is 134 Å². The zero-order chi connectivity index (χ0) is 15.8. The van der Waals surface area contributed by atoms with Crippen molar-refractivity contribution in [2.45, 2.75) is 17.9 Å². The van der Waals surface area contributed by atoms with Gasteiger partial charge in [-0.15, -0.1) is 0 Å². The molecule has 0 bridgehead atoms. The SMILES string of the molecule is CNc1ncc(Br)cc1S(=O)(=O)N1CC(C)C(N(C)C)C1. The van der Waals surface area contributed by atoms with Crippen molar-refractivity contribution < 1.29 is 8.42 Å². The lowest BCUT2D eigenvalue weighted by Crippen LogP contribution is -2.36. The molecule has 1 aromatic heterocycles. The molecule has 1 fully saturated rings. The molecule has 0 saturated carbocycles. The van der Waals surface area contributed by atoms with Gasteiger partial charge in [-0.3, -0.25) is 0 Å². The summed E-state index contributed by atoms with van der Waals surface area (Å²) in [6.45, 7) is 3.12.